The van der Waals surface area contributed by atoms with Crippen molar-refractivity contribution >= 4 is 11.9 Å². The van der Waals surface area contributed by atoms with Crippen LogP contribution in [0.4, 0.5) is 26.3 Å². The number of carboxylic acids is 2. The number of carbonyl (C=O) groups is 2. The minimum absolute atomic E-state index is 0.0548. The molecular formula is C40H44F6N4O8. The topological polar surface area (TPSA) is 161 Å². The lowest BCUT2D eigenvalue weighted by atomic mass is 9.92. The number of pyridine rings is 2. The molecule has 0 aliphatic rings. The highest BCUT2D eigenvalue weighted by molar-refractivity contribution is 5.72. The molecule has 0 aliphatic carbocycles. The third-order valence-electron chi connectivity index (χ3n) is 9.08. The summed E-state index contributed by atoms with van der Waals surface area (Å²) in [5, 5.41) is 23.4. The number of aromatic nitrogens is 2. The Kier molecular flexibility index (Phi) is 15.7. The lowest BCUT2D eigenvalue weighted by Gasteiger charge is -2.19. The second-order valence-electron chi connectivity index (χ2n) is 13.1. The lowest BCUT2D eigenvalue weighted by molar-refractivity contribution is -0.140. The third kappa shape index (κ3) is 12.2. The monoisotopic (exact) mass is 822 g/mol. The molecule has 2 heterocycles. The minimum atomic E-state index is -4.82. The molecule has 0 fully saturated rings. The molecule has 0 saturated heterocycles. The standard InChI is InChI=1S/C40H44F6N4O8/c1-23-25(21-57-37-31(39(41,42)43)17-27(35(49-37)55-3)19-47-15-7-13-33(51)52)9-5-11-29(23)30-12-6-10-26(24(30)2)22-58-38-32(40(44,45)46)18-28(36(50-38)56-4)20-48-16-8-14-34(53)54/h5-6,9-12,17-18,47-48H,7-8,13-16,19-22H2,1-4H3,(H,51,52)(H,53,54). The molecule has 4 N–H and O–H groups in total. The quantitative estimate of drug-likeness (QED) is 0.0476. The van der Waals surface area contributed by atoms with Crippen molar-refractivity contribution in [2.45, 2.75) is 78.2 Å². The van der Waals surface area contributed by atoms with Crippen molar-refractivity contribution in [3.63, 3.8) is 0 Å². The van der Waals surface area contributed by atoms with Gasteiger partial charge in [-0.25, -0.2) is 0 Å². The number of halogens is 6. The van der Waals surface area contributed by atoms with E-state index in [2.05, 4.69) is 20.6 Å². The van der Waals surface area contributed by atoms with Crippen molar-refractivity contribution in [1.29, 1.82) is 0 Å². The van der Waals surface area contributed by atoms with Gasteiger partial charge < -0.3 is 39.8 Å². The molecule has 0 aliphatic heterocycles. The van der Waals surface area contributed by atoms with Gasteiger partial charge in [0, 0.05) is 37.1 Å². The summed E-state index contributed by atoms with van der Waals surface area (Å²) in [6.45, 7) is 3.33. The first-order valence-electron chi connectivity index (χ1n) is 18.0. The molecule has 0 unspecified atom stereocenters. The molecule has 4 aromatic rings. The van der Waals surface area contributed by atoms with Crippen LogP contribution in [0.5, 0.6) is 23.5 Å². The summed E-state index contributed by atoms with van der Waals surface area (Å²) in [5.74, 6) is -3.55. The molecule has 4 rings (SSSR count). The van der Waals surface area contributed by atoms with E-state index >= 15 is 0 Å². The molecule has 2 aromatic carbocycles. The third-order valence-corrected chi connectivity index (χ3v) is 9.08. The first-order chi connectivity index (χ1) is 27.4. The van der Waals surface area contributed by atoms with Crippen molar-refractivity contribution < 1.29 is 65.1 Å². The van der Waals surface area contributed by atoms with E-state index in [1.807, 2.05) is 0 Å². The fourth-order valence-corrected chi connectivity index (χ4v) is 6.01. The molecule has 58 heavy (non-hydrogen) atoms. The zero-order valence-corrected chi connectivity index (χ0v) is 32.2. The highest BCUT2D eigenvalue weighted by Gasteiger charge is 2.38. The molecule has 2 aromatic heterocycles. The summed E-state index contributed by atoms with van der Waals surface area (Å²) >= 11 is 0. The van der Waals surface area contributed by atoms with E-state index in [1.54, 1.807) is 50.2 Å². The summed E-state index contributed by atoms with van der Waals surface area (Å²) in [5.41, 5.74) is 1.80. The van der Waals surface area contributed by atoms with Gasteiger partial charge >= 0.3 is 24.3 Å². The van der Waals surface area contributed by atoms with Crippen LogP contribution in [0.3, 0.4) is 0 Å². The Morgan fingerprint density at radius 2 is 1.00 bits per heavy atom. The maximum atomic E-state index is 14.2. The molecule has 18 heteroatoms. The van der Waals surface area contributed by atoms with E-state index in [-0.39, 0.29) is 88.0 Å². The van der Waals surface area contributed by atoms with E-state index in [1.165, 1.54) is 14.2 Å². The van der Waals surface area contributed by atoms with Crippen molar-refractivity contribution in [1.82, 2.24) is 20.6 Å². The van der Waals surface area contributed by atoms with Crippen LogP contribution in [-0.4, -0.2) is 59.4 Å². The molecular weight excluding hydrogens is 778 g/mol. The van der Waals surface area contributed by atoms with Gasteiger partial charge in [-0.2, -0.15) is 36.3 Å². The first-order valence-corrected chi connectivity index (χ1v) is 18.0. The van der Waals surface area contributed by atoms with Crippen LogP contribution in [0.2, 0.25) is 0 Å². The number of hydrogen-bond donors (Lipinski definition) is 4. The second-order valence-corrected chi connectivity index (χ2v) is 13.1. The molecule has 0 amide bonds. The average Bonchev–Trinajstić information content (AvgIpc) is 3.16. The van der Waals surface area contributed by atoms with E-state index in [0.717, 1.165) is 12.1 Å². The molecule has 0 radical (unpaired) electrons. The Balaban J connectivity index is 1.55. The largest absolute Gasteiger partial charge is 0.481 e. The number of carboxylic acid groups (broad SMARTS) is 2. The van der Waals surface area contributed by atoms with Crippen LogP contribution in [0.15, 0.2) is 48.5 Å². The van der Waals surface area contributed by atoms with Gasteiger partial charge in [-0.15, -0.1) is 0 Å². The van der Waals surface area contributed by atoms with Crippen molar-refractivity contribution in [3.05, 3.63) is 93.0 Å². The summed E-state index contributed by atoms with van der Waals surface area (Å²) in [6.07, 6.45) is -9.29. The average molecular weight is 823 g/mol. The number of benzene rings is 2. The van der Waals surface area contributed by atoms with Crippen LogP contribution in [0, 0.1) is 13.8 Å². The van der Waals surface area contributed by atoms with Crippen LogP contribution in [0.25, 0.3) is 11.1 Å². The summed E-state index contributed by atoms with van der Waals surface area (Å²) in [6, 6.07) is 12.2. The van der Waals surface area contributed by atoms with E-state index in [9.17, 15) is 35.9 Å². The number of methoxy groups -OCH3 is 2. The van der Waals surface area contributed by atoms with Crippen LogP contribution >= 0.6 is 0 Å². The molecule has 12 nitrogen and oxygen atoms in total. The van der Waals surface area contributed by atoms with Crippen LogP contribution < -0.4 is 29.6 Å². The predicted octanol–water partition coefficient (Wildman–Crippen LogP) is 7.88. The Bertz CT molecular complexity index is 1910. The van der Waals surface area contributed by atoms with E-state index in [0.29, 0.717) is 33.4 Å². The first kappa shape index (κ1) is 45.1. The molecule has 0 spiro atoms. The zero-order chi connectivity index (χ0) is 42.6. The Labute approximate surface area is 330 Å². The highest BCUT2D eigenvalue weighted by atomic mass is 19.4. The predicted molar refractivity (Wildman–Crippen MR) is 199 cm³/mol. The summed E-state index contributed by atoms with van der Waals surface area (Å²) < 4.78 is 107. The number of rotatable bonds is 21. The smallest absolute Gasteiger partial charge is 0.421 e. The number of aliphatic carboxylic acids is 2. The van der Waals surface area contributed by atoms with Gasteiger partial charge in [-0.1, -0.05) is 36.4 Å². The van der Waals surface area contributed by atoms with E-state index in [4.69, 9.17) is 29.2 Å². The summed E-state index contributed by atoms with van der Waals surface area (Å²) in [7, 11) is 2.52. The maximum Gasteiger partial charge on any atom is 0.421 e. The zero-order valence-electron chi connectivity index (χ0n) is 32.2. The molecule has 314 valence electrons. The SMILES string of the molecule is COc1nc(OCc2cccc(-c3cccc(COc4nc(OC)c(CNCCCC(=O)O)cc4C(F)(F)F)c3C)c2C)c(C(F)(F)F)cc1CNCCCC(=O)O. The Hall–Kier alpha value is -5.62. The number of hydrogen-bond acceptors (Lipinski definition) is 10. The van der Waals surface area contributed by atoms with Gasteiger partial charge in [-0.05, 0) is 85.3 Å². The number of ether oxygens (including phenoxy) is 4. The highest BCUT2D eigenvalue weighted by Crippen LogP contribution is 2.40. The van der Waals surface area contributed by atoms with Gasteiger partial charge in [0.1, 0.15) is 24.3 Å². The number of nitrogens with one attached hydrogen (secondary N) is 2. The van der Waals surface area contributed by atoms with E-state index < -0.39 is 47.2 Å². The minimum Gasteiger partial charge on any atom is -0.481 e. The van der Waals surface area contributed by atoms with Gasteiger partial charge in [0.2, 0.25) is 23.5 Å². The van der Waals surface area contributed by atoms with Crippen LogP contribution in [-0.2, 0) is 48.2 Å². The van der Waals surface area contributed by atoms with Gasteiger partial charge in [0.05, 0.1) is 14.2 Å². The van der Waals surface area contributed by atoms with Gasteiger partial charge in [-0.3, -0.25) is 9.59 Å². The van der Waals surface area contributed by atoms with Crippen molar-refractivity contribution in [2.24, 2.45) is 0 Å². The van der Waals surface area contributed by atoms with Crippen molar-refractivity contribution in [3.8, 4) is 34.6 Å². The van der Waals surface area contributed by atoms with Crippen molar-refractivity contribution in [2.75, 3.05) is 27.3 Å². The number of nitrogens with zero attached hydrogens (tertiary/aromatic N) is 2. The number of alkyl halides is 6. The Morgan fingerprint density at radius 1 is 0.621 bits per heavy atom. The van der Waals surface area contributed by atoms with Crippen LogP contribution in [0.1, 0.15) is 70.2 Å². The normalized spacial score (nSPS) is 11.7. The fourth-order valence-electron chi connectivity index (χ4n) is 6.01. The molecule has 0 saturated carbocycles. The lowest BCUT2D eigenvalue weighted by Crippen LogP contribution is -2.18. The fraction of sp³-hybridized carbons (Fsp3) is 0.400. The second kappa shape index (κ2) is 20.2. The molecule has 0 atom stereocenters. The Morgan fingerprint density at radius 3 is 1.33 bits per heavy atom. The van der Waals surface area contributed by atoms with Gasteiger partial charge in [0.25, 0.3) is 0 Å². The summed E-state index contributed by atoms with van der Waals surface area (Å²) in [4.78, 5) is 29.6. The maximum absolute atomic E-state index is 14.2. The van der Waals surface area contributed by atoms with Gasteiger partial charge in [0.15, 0.2) is 0 Å². The molecule has 0 bridgehead atoms.